The van der Waals surface area contributed by atoms with Crippen LogP contribution in [0.25, 0.3) is 21.5 Å². The highest BCUT2D eigenvalue weighted by Crippen LogP contribution is 2.32. The number of rotatable bonds is 4. The molecule has 1 aliphatic rings. The first-order chi connectivity index (χ1) is 12.8. The lowest BCUT2D eigenvalue weighted by molar-refractivity contribution is 0.192. The van der Waals surface area contributed by atoms with Crippen LogP contribution in [-0.2, 0) is 6.54 Å². The third kappa shape index (κ3) is 3.44. The maximum Gasteiger partial charge on any atom is 0.121 e. The Kier molecular flexibility index (Phi) is 4.87. The molecule has 5 heteroatoms. The molecule has 1 atom stereocenters. The van der Waals surface area contributed by atoms with Gasteiger partial charge in [0.25, 0.3) is 0 Å². The van der Waals surface area contributed by atoms with Crippen LogP contribution in [0.3, 0.4) is 0 Å². The van der Waals surface area contributed by atoms with Crippen LogP contribution in [0.5, 0.6) is 5.75 Å². The van der Waals surface area contributed by atoms with E-state index in [1.165, 1.54) is 10.4 Å². The smallest absolute Gasteiger partial charge is 0.121 e. The summed E-state index contributed by atoms with van der Waals surface area (Å²) >= 11 is 1.71. The molecule has 1 aliphatic heterocycles. The molecular weight excluding hydrogens is 342 g/mol. The number of nitriles is 1. The molecule has 0 saturated carbocycles. The van der Waals surface area contributed by atoms with Gasteiger partial charge in [-0.15, -0.1) is 11.3 Å². The second kappa shape index (κ2) is 7.45. The van der Waals surface area contributed by atoms with Crippen molar-refractivity contribution in [2.24, 2.45) is 5.92 Å². The first-order valence-corrected chi connectivity index (χ1v) is 9.78. The second-order valence-corrected chi connectivity index (χ2v) is 7.68. The minimum absolute atomic E-state index is 0.145. The Labute approximate surface area is 157 Å². The van der Waals surface area contributed by atoms with Crippen LogP contribution in [0.2, 0.25) is 0 Å². The van der Waals surface area contributed by atoms with E-state index in [1.54, 1.807) is 18.4 Å². The fraction of sp³-hybridized carbons (Fsp3) is 0.333. The second-order valence-electron chi connectivity index (χ2n) is 6.74. The summed E-state index contributed by atoms with van der Waals surface area (Å²) in [6, 6.07) is 14.9. The van der Waals surface area contributed by atoms with Crippen LogP contribution in [0.4, 0.5) is 0 Å². The Morgan fingerprint density at radius 3 is 3.04 bits per heavy atom. The number of aromatic nitrogens is 1. The maximum atomic E-state index is 9.27. The molecule has 0 spiro atoms. The number of nitrogens with zero attached hydrogens (tertiary/aromatic N) is 3. The maximum absolute atomic E-state index is 9.27. The van der Waals surface area contributed by atoms with Gasteiger partial charge in [-0.3, -0.25) is 4.90 Å². The van der Waals surface area contributed by atoms with Gasteiger partial charge in [0, 0.05) is 24.5 Å². The fourth-order valence-corrected chi connectivity index (χ4v) is 4.36. The summed E-state index contributed by atoms with van der Waals surface area (Å²) < 4.78 is 5.35. The summed E-state index contributed by atoms with van der Waals surface area (Å²) in [5.41, 5.74) is 3.22. The van der Waals surface area contributed by atoms with E-state index >= 15 is 0 Å². The normalized spacial score (nSPS) is 17.9. The van der Waals surface area contributed by atoms with Crippen LogP contribution in [0.1, 0.15) is 18.4 Å². The average molecular weight is 363 g/mol. The predicted molar refractivity (Wildman–Crippen MR) is 105 cm³/mol. The Hall–Kier alpha value is -2.42. The molecule has 3 heterocycles. The Morgan fingerprint density at radius 1 is 1.35 bits per heavy atom. The Balaban J connectivity index is 1.74. The molecule has 1 aromatic carbocycles. The minimum atomic E-state index is 0.145. The van der Waals surface area contributed by atoms with Gasteiger partial charge in [-0.1, -0.05) is 6.07 Å². The molecule has 4 nitrogen and oxygen atoms in total. The standard InChI is InChI=1S/C21H21N3OS/c1-25-18-7-6-16-10-17(14-24-8-2-4-15(12-22)13-24)21(23-19(16)11-18)20-5-3-9-26-20/h3,5-7,9-11,15H,2,4,8,13-14H2,1H3. The van der Waals surface area contributed by atoms with Crippen molar-refractivity contribution in [3.8, 4) is 22.4 Å². The minimum Gasteiger partial charge on any atom is -0.497 e. The summed E-state index contributed by atoms with van der Waals surface area (Å²) in [7, 11) is 1.68. The van der Waals surface area contributed by atoms with E-state index in [0.29, 0.717) is 0 Å². The van der Waals surface area contributed by atoms with E-state index in [2.05, 4.69) is 40.6 Å². The molecule has 1 fully saturated rings. The number of ether oxygens (including phenoxy) is 1. The molecular formula is C21H21N3OS. The molecule has 0 aliphatic carbocycles. The highest BCUT2D eigenvalue weighted by Gasteiger charge is 2.21. The predicted octanol–water partition coefficient (Wildman–Crippen LogP) is 4.71. The van der Waals surface area contributed by atoms with E-state index < -0.39 is 0 Å². The molecule has 1 saturated heterocycles. The number of thiophene rings is 1. The molecule has 1 unspecified atom stereocenters. The molecule has 2 aromatic heterocycles. The summed E-state index contributed by atoms with van der Waals surface area (Å²) in [4.78, 5) is 8.54. The highest BCUT2D eigenvalue weighted by atomic mass is 32.1. The molecule has 0 radical (unpaired) electrons. The van der Waals surface area contributed by atoms with Crippen molar-refractivity contribution < 1.29 is 4.74 Å². The van der Waals surface area contributed by atoms with Crippen molar-refractivity contribution >= 4 is 22.2 Å². The number of methoxy groups -OCH3 is 1. The van der Waals surface area contributed by atoms with Gasteiger partial charge in [-0.05, 0) is 54.6 Å². The number of piperidine rings is 1. The first kappa shape index (κ1) is 17.0. The topological polar surface area (TPSA) is 49.1 Å². The molecule has 132 valence electrons. The van der Waals surface area contributed by atoms with Gasteiger partial charge in [-0.2, -0.15) is 5.26 Å². The largest absolute Gasteiger partial charge is 0.497 e. The fourth-order valence-electron chi connectivity index (χ4n) is 3.61. The van der Waals surface area contributed by atoms with Gasteiger partial charge in [0.15, 0.2) is 0 Å². The third-order valence-electron chi connectivity index (χ3n) is 4.94. The zero-order valence-electron chi connectivity index (χ0n) is 14.8. The van der Waals surface area contributed by atoms with Gasteiger partial charge < -0.3 is 4.74 Å². The molecule has 0 amide bonds. The number of fused-ring (bicyclic) bond motifs is 1. The van der Waals surface area contributed by atoms with Crippen LogP contribution in [-0.4, -0.2) is 30.1 Å². The zero-order valence-corrected chi connectivity index (χ0v) is 15.6. The zero-order chi connectivity index (χ0) is 17.9. The summed E-state index contributed by atoms with van der Waals surface area (Å²) in [5.74, 6) is 0.967. The first-order valence-electron chi connectivity index (χ1n) is 8.90. The molecule has 4 rings (SSSR count). The van der Waals surface area contributed by atoms with Gasteiger partial charge in [0.1, 0.15) is 5.75 Å². The summed E-state index contributed by atoms with van der Waals surface area (Å²) in [6.07, 6.45) is 2.10. The van der Waals surface area contributed by atoms with Gasteiger partial charge >= 0.3 is 0 Å². The van der Waals surface area contributed by atoms with Gasteiger partial charge in [0.05, 0.1) is 35.2 Å². The van der Waals surface area contributed by atoms with E-state index in [9.17, 15) is 5.26 Å². The number of hydrogen-bond donors (Lipinski definition) is 0. The van der Waals surface area contributed by atoms with E-state index in [-0.39, 0.29) is 5.92 Å². The quantitative estimate of drug-likeness (QED) is 0.674. The lowest BCUT2D eigenvalue weighted by Crippen LogP contribution is -2.34. The Bertz CT molecular complexity index is 946. The van der Waals surface area contributed by atoms with E-state index in [1.807, 2.05) is 12.1 Å². The number of pyridine rings is 1. The van der Waals surface area contributed by atoms with Gasteiger partial charge in [-0.25, -0.2) is 4.98 Å². The monoisotopic (exact) mass is 363 g/mol. The molecule has 3 aromatic rings. The average Bonchev–Trinajstić information content (AvgIpc) is 3.22. The van der Waals surface area contributed by atoms with Crippen molar-refractivity contribution in [2.75, 3.05) is 20.2 Å². The number of likely N-dealkylation sites (tertiary alicyclic amines) is 1. The van der Waals surface area contributed by atoms with Crippen molar-refractivity contribution in [3.63, 3.8) is 0 Å². The molecule has 0 N–H and O–H groups in total. The SMILES string of the molecule is COc1ccc2cc(CN3CCCC(C#N)C3)c(-c3cccs3)nc2c1. The van der Waals surface area contributed by atoms with Crippen LogP contribution in [0, 0.1) is 17.2 Å². The van der Waals surface area contributed by atoms with Crippen LogP contribution in [0.15, 0.2) is 41.8 Å². The lowest BCUT2D eigenvalue weighted by Gasteiger charge is -2.30. The molecule has 0 bridgehead atoms. The third-order valence-corrected chi connectivity index (χ3v) is 5.82. The van der Waals surface area contributed by atoms with E-state index in [0.717, 1.165) is 54.8 Å². The lowest BCUT2D eigenvalue weighted by atomic mass is 9.98. The summed E-state index contributed by atoms with van der Waals surface area (Å²) in [5, 5.41) is 12.5. The Morgan fingerprint density at radius 2 is 2.27 bits per heavy atom. The van der Waals surface area contributed by atoms with Gasteiger partial charge in [0.2, 0.25) is 0 Å². The van der Waals surface area contributed by atoms with Crippen LogP contribution >= 0.6 is 11.3 Å². The van der Waals surface area contributed by atoms with Crippen molar-refractivity contribution in [3.05, 3.63) is 47.3 Å². The van der Waals surface area contributed by atoms with Crippen molar-refractivity contribution in [2.45, 2.75) is 19.4 Å². The molecule has 26 heavy (non-hydrogen) atoms. The highest BCUT2D eigenvalue weighted by molar-refractivity contribution is 7.13. The van der Waals surface area contributed by atoms with Crippen molar-refractivity contribution in [1.29, 1.82) is 5.26 Å². The van der Waals surface area contributed by atoms with E-state index in [4.69, 9.17) is 9.72 Å². The number of hydrogen-bond acceptors (Lipinski definition) is 5. The van der Waals surface area contributed by atoms with Crippen LogP contribution < -0.4 is 4.74 Å². The summed E-state index contributed by atoms with van der Waals surface area (Å²) in [6.45, 7) is 2.73. The van der Waals surface area contributed by atoms with Crippen molar-refractivity contribution in [1.82, 2.24) is 9.88 Å². The number of benzene rings is 1.